The van der Waals surface area contributed by atoms with Crippen molar-refractivity contribution in [1.82, 2.24) is 19.7 Å². The van der Waals surface area contributed by atoms with E-state index in [0.29, 0.717) is 17.3 Å². The second-order valence-electron chi connectivity index (χ2n) is 6.49. The van der Waals surface area contributed by atoms with Crippen molar-refractivity contribution in [3.8, 4) is 11.3 Å². The van der Waals surface area contributed by atoms with Gasteiger partial charge in [-0.05, 0) is 35.6 Å². The molecule has 0 spiro atoms. The number of nitrogens with zero attached hydrogens (tertiary/aromatic N) is 4. The molecule has 0 radical (unpaired) electrons. The molecule has 4 aromatic rings. The average Bonchev–Trinajstić information content (AvgIpc) is 3.13. The number of aromatic nitrogens is 4. The van der Waals surface area contributed by atoms with Crippen LogP contribution < -0.4 is 11.1 Å². The van der Waals surface area contributed by atoms with Crippen molar-refractivity contribution in [1.29, 1.82) is 0 Å². The van der Waals surface area contributed by atoms with Crippen LogP contribution in [0, 0.1) is 0 Å². The minimum absolute atomic E-state index is 0.273. The molecule has 7 heteroatoms. The van der Waals surface area contributed by atoms with Gasteiger partial charge < -0.3 is 11.1 Å². The second kappa shape index (κ2) is 7.11. The van der Waals surface area contributed by atoms with Crippen LogP contribution in [0.2, 0.25) is 0 Å². The van der Waals surface area contributed by atoms with Crippen LogP contribution in [0.25, 0.3) is 22.0 Å². The molecular formula is C21H20N6O. The number of carbonyl (C=O) groups excluding carboxylic acids is 1. The van der Waals surface area contributed by atoms with Gasteiger partial charge in [0.25, 0.3) is 5.91 Å². The van der Waals surface area contributed by atoms with Crippen molar-refractivity contribution in [2.75, 3.05) is 11.1 Å². The van der Waals surface area contributed by atoms with E-state index in [4.69, 9.17) is 5.73 Å². The van der Waals surface area contributed by atoms with Crippen LogP contribution in [0.1, 0.15) is 23.0 Å². The zero-order chi connectivity index (χ0) is 19.7. The maximum Gasteiger partial charge on any atom is 0.275 e. The lowest BCUT2D eigenvalue weighted by atomic mass is 10.0. The molecule has 3 aromatic heterocycles. The number of pyridine rings is 2. The average molecular weight is 372 g/mol. The third-order valence-corrected chi connectivity index (χ3v) is 4.71. The third kappa shape index (κ3) is 3.18. The maximum absolute atomic E-state index is 12.4. The molecule has 0 aliphatic rings. The van der Waals surface area contributed by atoms with Crippen molar-refractivity contribution in [3.05, 3.63) is 66.1 Å². The number of benzene rings is 1. The summed E-state index contributed by atoms with van der Waals surface area (Å²) in [5, 5.41) is 8.43. The SMILES string of the molecule is CCc1ccccc1-c1cc2cc(NC(=O)c3ccnn3C)ncc2c(N)n1. The Morgan fingerprint density at radius 2 is 2.04 bits per heavy atom. The predicted octanol–water partition coefficient (Wildman–Crippen LogP) is 3.43. The van der Waals surface area contributed by atoms with E-state index < -0.39 is 0 Å². The van der Waals surface area contributed by atoms with E-state index in [1.165, 1.54) is 10.2 Å². The first-order valence-corrected chi connectivity index (χ1v) is 9.00. The molecule has 0 aliphatic heterocycles. The summed E-state index contributed by atoms with van der Waals surface area (Å²) in [5.41, 5.74) is 9.69. The number of hydrogen-bond acceptors (Lipinski definition) is 5. The van der Waals surface area contributed by atoms with E-state index in [9.17, 15) is 4.79 Å². The fourth-order valence-electron chi connectivity index (χ4n) is 3.24. The van der Waals surface area contributed by atoms with Gasteiger partial charge in [-0.2, -0.15) is 5.10 Å². The molecule has 3 N–H and O–H groups in total. The summed E-state index contributed by atoms with van der Waals surface area (Å²) in [6.07, 6.45) is 4.11. The number of aryl methyl sites for hydroxylation is 2. The molecule has 0 aliphatic carbocycles. The number of amides is 1. The smallest absolute Gasteiger partial charge is 0.275 e. The highest BCUT2D eigenvalue weighted by atomic mass is 16.2. The fourth-order valence-corrected chi connectivity index (χ4v) is 3.24. The standard InChI is InChI=1S/C21H20N6O/c1-3-13-6-4-5-7-15(13)17-10-14-11-19(23-12-16(14)20(22)25-17)26-21(28)18-8-9-24-27(18)2/h4-12H,3H2,1-2H3,(H2,22,25)(H,23,26,28). The molecule has 0 atom stereocenters. The van der Waals surface area contributed by atoms with Crippen molar-refractivity contribution in [2.24, 2.45) is 7.05 Å². The Kier molecular flexibility index (Phi) is 4.49. The lowest BCUT2D eigenvalue weighted by Crippen LogP contribution is -2.16. The van der Waals surface area contributed by atoms with E-state index in [1.807, 2.05) is 24.3 Å². The first-order valence-electron chi connectivity index (χ1n) is 9.00. The van der Waals surface area contributed by atoms with Gasteiger partial charge in [-0.15, -0.1) is 0 Å². The molecule has 0 fully saturated rings. The van der Waals surface area contributed by atoms with Crippen molar-refractivity contribution >= 4 is 28.3 Å². The van der Waals surface area contributed by atoms with Crippen LogP contribution in [0.5, 0.6) is 0 Å². The van der Waals surface area contributed by atoms with E-state index in [0.717, 1.165) is 28.5 Å². The summed E-state index contributed by atoms with van der Waals surface area (Å²) < 4.78 is 1.51. The zero-order valence-corrected chi connectivity index (χ0v) is 15.7. The molecule has 140 valence electrons. The van der Waals surface area contributed by atoms with Crippen LogP contribution in [-0.4, -0.2) is 25.7 Å². The van der Waals surface area contributed by atoms with Gasteiger partial charge in [0.2, 0.25) is 0 Å². The molecule has 0 saturated carbocycles. The van der Waals surface area contributed by atoms with Crippen molar-refractivity contribution < 1.29 is 4.79 Å². The Bertz CT molecular complexity index is 1180. The second-order valence-corrected chi connectivity index (χ2v) is 6.49. The molecule has 0 saturated heterocycles. The summed E-state index contributed by atoms with van der Waals surface area (Å²) in [6.45, 7) is 2.11. The number of nitrogens with two attached hydrogens (primary N) is 1. The highest BCUT2D eigenvalue weighted by Gasteiger charge is 2.13. The van der Waals surface area contributed by atoms with Gasteiger partial charge in [-0.3, -0.25) is 9.48 Å². The summed E-state index contributed by atoms with van der Waals surface area (Å²) >= 11 is 0. The lowest BCUT2D eigenvalue weighted by Gasteiger charge is -2.11. The largest absolute Gasteiger partial charge is 0.383 e. The van der Waals surface area contributed by atoms with Crippen LogP contribution in [0.4, 0.5) is 11.6 Å². The van der Waals surface area contributed by atoms with Crippen molar-refractivity contribution in [2.45, 2.75) is 13.3 Å². The number of hydrogen-bond donors (Lipinski definition) is 2. The first kappa shape index (κ1) is 17.7. The minimum atomic E-state index is -0.273. The fraction of sp³-hybridized carbons (Fsp3) is 0.143. The molecule has 3 heterocycles. The number of fused-ring (bicyclic) bond motifs is 1. The topological polar surface area (TPSA) is 98.7 Å². The Morgan fingerprint density at radius 3 is 2.79 bits per heavy atom. The Morgan fingerprint density at radius 1 is 1.21 bits per heavy atom. The molecular weight excluding hydrogens is 352 g/mol. The molecule has 0 unspecified atom stereocenters. The zero-order valence-electron chi connectivity index (χ0n) is 15.7. The van der Waals surface area contributed by atoms with Crippen molar-refractivity contribution in [3.63, 3.8) is 0 Å². The highest BCUT2D eigenvalue weighted by molar-refractivity contribution is 6.04. The van der Waals surface area contributed by atoms with E-state index >= 15 is 0 Å². The Balaban J connectivity index is 1.74. The summed E-state index contributed by atoms with van der Waals surface area (Å²) in [7, 11) is 1.71. The lowest BCUT2D eigenvalue weighted by molar-refractivity contribution is 0.101. The van der Waals surface area contributed by atoms with Gasteiger partial charge in [-0.1, -0.05) is 31.2 Å². The normalized spacial score (nSPS) is 10.9. The monoisotopic (exact) mass is 372 g/mol. The molecule has 1 amide bonds. The predicted molar refractivity (Wildman–Crippen MR) is 110 cm³/mol. The Labute approximate surface area is 162 Å². The van der Waals surface area contributed by atoms with Crippen LogP contribution >= 0.6 is 0 Å². The first-order chi connectivity index (χ1) is 13.6. The molecule has 28 heavy (non-hydrogen) atoms. The molecule has 7 nitrogen and oxygen atoms in total. The quantitative estimate of drug-likeness (QED) is 0.572. The van der Waals surface area contributed by atoms with Crippen LogP contribution in [-0.2, 0) is 13.5 Å². The number of rotatable bonds is 4. The van der Waals surface area contributed by atoms with E-state index in [1.54, 1.807) is 31.6 Å². The van der Waals surface area contributed by atoms with Crippen LogP contribution in [0.3, 0.4) is 0 Å². The third-order valence-electron chi connectivity index (χ3n) is 4.71. The molecule has 4 rings (SSSR count). The van der Waals surface area contributed by atoms with Gasteiger partial charge in [0.05, 0.1) is 5.69 Å². The highest BCUT2D eigenvalue weighted by Crippen LogP contribution is 2.29. The van der Waals surface area contributed by atoms with Gasteiger partial charge in [-0.25, -0.2) is 9.97 Å². The minimum Gasteiger partial charge on any atom is -0.383 e. The molecule has 1 aromatic carbocycles. The van der Waals surface area contributed by atoms with Gasteiger partial charge in [0.15, 0.2) is 0 Å². The summed E-state index contributed by atoms with van der Waals surface area (Å²) in [4.78, 5) is 21.3. The Hall–Kier alpha value is -3.74. The van der Waals surface area contributed by atoms with E-state index in [-0.39, 0.29) is 5.91 Å². The van der Waals surface area contributed by atoms with Crippen LogP contribution in [0.15, 0.2) is 54.9 Å². The molecule has 0 bridgehead atoms. The summed E-state index contributed by atoms with van der Waals surface area (Å²) in [5.74, 6) is 0.583. The summed E-state index contributed by atoms with van der Waals surface area (Å²) in [6, 6.07) is 13.6. The number of carbonyl (C=O) groups is 1. The number of nitrogen functional groups attached to an aromatic ring is 1. The van der Waals surface area contributed by atoms with Gasteiger partial charge in [0, 0.05) is 30.4 Å². The number of nitrogens with one attached hydrogen (secondary N) is 1. The van der Waals surface area contributed by atoms with Gasteiger partial charge >= 0.3 is 0 Å². The van der Waals surface area contributed by atoms with Gasteiger partial charge in [0.1, 0.15) is 17.3 Å². The van der Waals surface area contributed by atoms with E-state index in [2.05, 4.69) is 33.4 Å². The maximum atomic E-state index is 12.4. The number of anilines is 2.